The summed E-state index contributed by atoms with van der Waals surface area (Å²) in [4.78, 5) is 0. The summed E-state index contributed by atoms with van der Waals surface area (Å²) in [5.74, 6) is 0. The van der Waals surface area contributed by atoms with Crippen molar-refractivity contribution in [3.8, 4) is 0 Å². The van der Waals surface area contributed by atoms with E-state index in [1.807, 2.05) is 25.1 Å². The van der Waals surface area contributed by atoms with E-state index < -0.39 is 19.1 Å². The Kier molecular flexibility index (Phi) is 8.43. The van der Waals surface area contributed by atoms with Crippen LogP contribution in [0.5, 0.6) is 0 Å². The summed E-state index contributed by atoms with van der Waals surface area (Å²) in [6.07, 6.45) is 9.49. The summed E-state index contributed by atoms with van der Waals surface area (Å²) in [6, 6.07) is 7.49. The molecule has 0 radical (unpaired) electrons. The van der Waals surface area contributed by atoms with E-state index in [1.54, 1.807) is 6.07 Å². The number of hydrogen-bond donors (Lipinski definition) is 1. The summed E-state index contributed by atoms with van der Waals surface area (Å²) in [6.45, 7) is 1.96. The van der Waals surface area contributed by atoms with Gasteiger partial charge in [-0.15, -0.1) is 0 Å². The van der Waals surface area contributed by atoms with Crippen molar-refractivity contribution in [3.05, 3.63) is 29.8 Å². The van der Waals surface area contributed by atoms with Crippen molar-refractivity contribution in [3.63, 3.8) is 0 Å². The molecule has 8 heteroatoms. The van der Waals surface area contributed by atoms with E-state index in [-0.39, 0.29) is 10.5 Å². The highest BCUT2D eigenvalue weighted by molar-refractivity contribution is 8.14. The predicted molar refractivity (Wildman–Crippen MR) is 112 cm³/mol. The van der Waals surface area contributed by atoms with E-state index in [4.69, 9.17) is 10.7 Å². The molecule has 0 amide bonds. The van der Waals surface area contributed by atoms with Gasteiger partial charge in [-0.3, -0.25) is 4.72 Å². The van der Waals surface area contributed by atoms with Crippen LogP contribution in [0, 0.1) is 6.92 Å². The molecule has 3 rings (SSSR count). The van der Waals surface area contributed by atoms with Crippen LogP contribution in [-0.2, 0) is 19.1 Å². The fourth-order valence-electron chi connectivity index (χ4n) is 3.68. The maximum absolute atomic E-state index is 12.2. The molecule has 1 aromatic carbocycles. The largest absolute Gasteiger partial charge is 0.283 e. The Morgan fingerprint density at radius 1 is 0.852 bits per heavy atom. The normalized spacial score (nSPS) is 19.8. The predicted octanol–water partition coefficient (Wildman–Crippen LogP) is 4.96. The Labute approximate surface area is 168 Å². The molecule has 0 aromatic heterocycles. The van der Waals surface area contributed by atoms with Gasteiger partial charge in [0.25, 0.3) is 0 Å². The van der Waals surface area contributed by atoms with Crippen molar-refractivity contribution >= 4 is 35.4 Å². The Morgan fingerprint density at radius 2 is 1.37 bits per heavy atom. The molecule has 0 aliphatic heterocycles. The number of halogens is 1. The number of benzene rings is 1. The van der Waals surface area contributed by atoms with Gasteiger partial charge in [0.2, 0.25) is 19.1 Å². The lowest BCUT2D eigenvalue weighted by atomic mass is 10.0. The lowest BCUT2D eigenvalue weighted by Crippen LogP contribution is -2.29. The zero-order valence-electron chi connectivity index (χ0n) is 15.9. The van der Waals surface area contributed by atoms with Crippen LogP contribution in [0.15, 0.2) is 24.3 Å². The van der Waals surface area contributed by atoms with E-state index in [0.29, 0.717) is 5.69 Å². The molecule has 2 saturated carbocycles. The second-order valence-electron chi connectivity index (χ2n) is 7.51. The molecule has 0 atom stereocenters. The van der Waals surface area contributed by atoms with Crippen molar-refractivity contribution in [2.24, 2.45) is 0 Å². The fraction of sp³-hybridized carbons (Fsp3) is 0.684. The maximum Gasteiger partial charge on any atom is 0.235 e. The highest BCUT2D eigenvalue weighted by Gasteiger charge is 2.27. The van der Waals surface area contributed by atoms with Crippen LogP contribution in [0.25, 0.3) is 0 Å². The number of rotatable bonds is 4. The second kappa shape index (κ2) is 10.1. The van der Waals surface area contributed by atoms with E-state index in [9.17, 15) is 16.8 Å². The molecule has 0 saturated heterocycles. The molecular formula is C19H30ClNO4S2. The van der Waals surface area contributed by atoms with Gasteiger partial charge >= 0.3 is 0 Å². The van der Waals surface area contributed by atoms with Gasteiger partial charge in [-0.05, 0) is 50.3 Å². The van der Waals surface area contributed by atoms with E-state index in [1.165, 1.54) is 0 Å². The fourth-order valence-corrected chi connectivity index (χ4v) is 6.69. The summed E-state index contributed by atoms with van der Waals surface area (Å²) in [5.41, 5.74) is 1.74. The Bertz CT molecular complexity index is 797. The van der Waals surface area contributed by atoms with Crippen molar-refractivity contribution in [2.75, 3.05) is 4.72 Å². The number of aryl methyl sites for hydroxylation is 1. The molecule has 154 valence electrons. The first kappa shape index (κ1) is 22.5. The lowest BCUT2D eigenvalue weighted by molar-refractivity contribution is 0.486. The van der Waals surface area contributed by atoms with E-state index >= 15 is 0 Å². The average Bonchev–Trinajstić information content (AvgIpc) is 2.63. The minimum Gasteiger partial charge on any atom is -0.283 e. The van der Waals surface area contributed by atoms with E-state index in [0.717, 1.165) is 69.8 Å². The Hall–Kier alpha value is -0.790. The van der Waals surface area contributed by atoms with Gasteiger partial charge in [0.1, 0.15) is 0 Å². The van der Waals surface area contributed by atoms with Crippen LogP contribution in [0.1, 0.15) is 69.8 Å². The van der Waals surface area contributed by atoms with Crippen molar-refractivity contribution in [1.29, 1.82) is 0 Å². The maximum atomic E-state index is 12.2. The first-order valence-electron chi connectivity index (χ1n) is 9.70. The quantitative estimate of drug-likeness (QED) is 0.678. The standard InChI is InChI=1S/C13H19NO2S.C6H11ClO2S/c1-11-6-5-7-12(10-11)14-17(15,16)13-8-3-2-4-9-13;7-10(8,9)6-4-2-1-3-5-6/h5-7,10,13-14H,2-4,8-9H2,1H3;6H,1-5H2. The zero-order valence-corrected chi connectivity index (χ0v) is 18.3. The molecular weight excluding hydrogens is 406 g/mol. The average molecular weight is 436 g/mol. The molecule has 0 unspecified atom stereocenters. The zero-order chi connectivity index (χ0) is 19.9. The second-order valence-corrected chi connectivity index (χ2v) is 12.4. The number of anilines is 1. The molecule has 0 bridgehead atoms. The number of hydrogen-bond acceptors (Lipinski definition) is 4. The van der Waals surface area contributed by atoms with Gasteiger partial charge in [0.05, 0.1) is 10.5 Å². The van der Waals surface area contributed by atoms with E-state index in [2.05, 4.69) is 4.72 Å². The van der Waals surface area contributed by atoms with Gasteiger partial charge in [0, 0.05) is 16.4 Å². The van der Waals surface area contributed by atoms with Gasteiger partial charge in [-0.1, -0.05) is 50.7 Å². The summed E-state index contributed by atoms with van der Waals surface area (Å²) < 4.78 is 48.5. The molecule has 27 heavy (non-hydrogen) atoms. The van der Waals surface area contributed by atoms with Crippen LogP contribution in [0.2, 0.25) is 0 Å². The van der Waals surface area contributed by atoms with Crippen LogP contribution in [0.3, 0.4) is 0 Å². The summed E-state index contributed by atoms with van der Waals surface area (Å²) in [7, 11) is -1.27. The monoisotopic (exact) mass is 435 g/mol. The van der Waals surface area contributed by atoms with Gasteiger partial charge < -0.3 is 0 Å². The Balaban J connectivity index is 0.000000223. The van der Waals surface area contributed by atoms with Crippen LogP contribution >= 0.6 is 10.7 Å². The van der Waals surface area contributed by atoms with Crippen LogP contribution in [-0.4, -0.2) is 27.3 Å². The highest BCUT2D eigenvalue weighted by atomic mass is 35.7. The molecule has 2 aliphatic carbocycles. The molecule has 5 nitrogen and oxygen atoms in total. The molecule has 1 aromatic rings. The third kappa shape index (κ3) is 7.62. The highest BCUT2D eigenvalue weighted by Crippen LogP contribution is 2.26. The van der Waals surface area contributed by atoms with Crippen molar-refractivity contribution < 1.29 is 16.8 Å². The van der Waals surface area contributed by atoms with Crippen molar-refractivity contribution in [2.45, 2.75) is 81.6 Å². The summed E-state index contributed by atoms with van der Waals surface area (Å²) >= 11 is 0. The molecule has 0 spiro atoms. The van der Waals surface area contributed by atoms with Crippen LogP contribution in [0.4, 0.5) is 5.69 Å². The van der Waals surface area contributed by atoms with Gasteiger partial charge in [-0.2, -0.15) is 0 Å². The lowest BCUT2D eigenvalue weighted by Gasteiger charge is -2.22. The number of nitrogens with one attached hydrogen (secondary N) is 1. The number of sulfonamides is 1. The minimum absolute atomic E-state index is 0.211. The smallest absolute Gasteiger partial charge is 0.235 e. The first-order valence-corrected chi connectivity index (χ1v) is 13.6. The van der Waals surface area contributed by atoms with Crippen LogP contribution < -0.4 is 4.72 Å². The minimum atomic E-state index is -3.25. The van der Waals surface area contributed by atoms with Crippen molar-refractivity contribution in [1.82, 2.24) is 0 Å². The Morgan fingerprint density at radius 3 is 1.81 bits per heavy atom. The summed E-state index contributed by atoms with van der Waals surface area (Å²) in [5, 5.41) is -0.473. The third-order valence-electron chi connectivity index (χ3n) is 5.22. The molecule has 0 heterocycles. The third-order valence-corrected chi connectivity index (χ3v) is 9.11. The van der Waals surface area contributed by atoms with Gasteiger partial charge in [-0.25, -0.2) is 16.8 Å². The first-order chi connectivity index (χ1) is 12.7. The van der Waals surface area contributed by atoms with Gasteiger partial charge in [0.15, 0.2) is 0 Å². The molecule has 2 aliphatic rings. The molecule has 1 N–H and O–H groups in total. The SMILES string of the molecule is Cc1cccc(NS(=O)(=O)C2CCCCC2)c1.O=S(=O)(Cl)C1CCCCC1. The molecule has 2 fully saturated rings. The topological polar surface area (TPSA) is 80.3 Å².